The Hall–Kier alpha value is -3.35. The summed E-state index contributed by atoms with van der Waals surface area (Å²) in [6, 6.07) is 11.5. The van der Waals surface area contributed by atoms with E-state index in [0.29, 0.717) is 16.8 Å². The molecule has 2 amide bonds. The number of para-hydroxylation sites is 1. The molecule has 3 N–H and O–H groups in total. The average molecular weight is 324 g/mol. The predicted molar refractivity (Wildman–Crippen MR) is 91.1 cm³/mol. The maximum Gasteiger partial charge on any atom is 0.328 e. The lowest BCUT2D eigenvalue weighted by Gasteiger charge is -2.09. The largest absolute Gasteiger partial charge is 0.366 e. The summed E-state index contributed by atoms with van der Waals surface area (Å²) < 4.78 is 2.99. The molecule has 122 valence electrons. The van der Waals surface area contributed by atoms with Crippen molar-refractivity contribution in [2.45, 2.75) is 0 Å². The molecule has 3 aromatic rings. The number of rotatable bonds is 3. The number of aromatic nitrogens is 2. The van der Waals surface area contributed by atoms with Crippen LogP contribution in [0.25, 0.3) is 11.0 Å². The topological polar surface area (TPSA) is 99.1 Å². The third kappa shape index (κ3) is 2.45. The van der Waals surface area contributed by atoms with Crippen LogP contribution in [0.1, 0.15) is 20.7 Å². The number of hydrogen-bond acceptors (Lipinski definition) is 3. The van der Waals surface area contributed by atoms with Crippen LogP contribution in [0.3, 0.4) is 0 Å². The van der Waals surface area contributed by atoms with Crippen molar-refractivity contribution in [2.75, 3.05) is 5.32 Å². The Morgan fingerprint density at radius 3 is 2.38 bits per heavy atom. The lowest BCUT2D eigenvalue weighted by molar-refractivity contribution is 0.100. The van der Waals surface area contributed by atoms with E-state index in [-0.39, 0.29) is 17.2 Å². The van der Waals surface area contributed by atoms with Crippen molar-refractivity contribution in [3.05, 3.63) is 64.1 Å². The monoisotopic (exact) mass is 324 g/mol. The summed E-state index contributed by atoms with van der Waals surface area (Å²) >= 11 is 0. The van der Waals surface area contributed by atoms with Crippen LogP contribution in [0.15, 0.2) is 47.3 Å². The molecule has 0 unspecified atom stereocenters. The number of nitrogens with one attached hydrogen (secondary N) is 1. The molecule has 2 aromatic carbocycles. The summed E-state index contributed by atoms with van der Waals surface area (Å²) in [6.45, 7) is 0. The molecule has 0 aliphatic rings. The summed E-state index contributed by atoms with van der Waals surface area (Å²) in [7, 11) is 3.32. The van der Waals surface area contributed by atoms with E-state index in [2.05, 4.69) is 5.32 Å². The fourth-order valence-electron chi connectivity index (χ4n) is 2.65. The second-order valence-corrected chi connectivity index (χ2v) is 5.47. The Kier molecular flexibility index (Phi) is 3.69. The first-order valence-electron chi connectivity index (χ1n) is 7.26. The first kappa shape index (κ1) is 15.5. The van der Waals surface area contributed by atoms with Crippen molar-refractivity contribution in [3.8, 4) is 0 Å². The second kappa shape index (κ2) is 5.69. The van der Waals surface area contributed by atoms with E-state index in [1.165, 1.54) is 9.13 Å². The predicted octanol–water partition coefficient (Wildman–Crippen LogP) is 1.23. The van der Waals surface area contributed by atoms with Crippen molar-refractivity contribution >= 4 is 28.5 Å². The molecule has 0 aliphatic carbocycles. The standard InChI is InChI=1S/C17H16N4O3/c1-20-13-8-7-10(9-14(13)21(2)17(20)24)16(23)19-12-6-4-3-5-11(12)15(18)22/h3-9H,1-2H3,(H2,18,22)(H,19,23). The molecule has 7 nitrogen and oxygen atoms in total. The van der Waals surface area contributed by atoms with Crippen molar-refractivity contribution < 1.29 is 9.59 Å². The van der Waals surface area contributed by atoms with E-state index in [1.807, 2.05) is 0 Å². The maximum absolute atomic E-state index is 12.5. The van der Waals surface area contributed by atoms with E-state index in [0.717, 1.165) is 5.52 Å². The Labute approximate surface area is 137 Å². The van der Waals surface area contributed by atoms with Crippen molar-refractivity contribution in [2.24, 2.45) is 19.8 Å². The second-order valence-electron chi connectivity index (χ2n) is 5.47. The van der Waals surface area contributed by atoms with Gasteiger partial charge in [-0.15, -0.1) is 0 Å². The van der Waals surface area contributed by atoms with Crippen LogP contribution >= 0.6 is 0 Å². The zero-order valence-corrected chi connectivity index (χ0v) is 13.2. The number of anilines is 1. The molecule has 0 saturated carbocycles. The van der Waals surface area contributed by atoms with Gasteiger partial charge >= 0.3 is 5.69 Å². The number of imidazole rings is 1. The Balaban J connectivity index is 2.00. The van der Waals surface area contributed by atoms with Crippen LogP contribution in [0.2, 0.25) is 0 Å². The van der Waals surface area contributed by atoms with Gasteiger partial charge in [-0.1, -0.05) is 12.1 Å². The molecule has 1 aromatic heterocycles. The number of benzene rings is 2. The lowest BCUT2D eigenvalue weighted by atomic mass is 10.1. The van der Waals surface area contributed by atoms with Crippen molar-refractivity contribution in [1.29, 1.82) is 0 Å². The van der Waals surface area contributed by atoms with Gasteiger partial charge in [-0.3, -0.25) is 18.7 Å². The highest BCUT2D eigenvalue weighted by Gasteiger charge is 2.14. The summed E-state index contributed by atoms with van der Waals surface area (Å²) in [5, 5.41) is 2.68. The van der Waals surface area contributed by atoms with Gasteiger partial charge in [0.1, 0.15) is 0 Å². The first-order valence-corrected chi connectivity index (χ1v) is 7.26. The smallest absolute Gasteiger partial charge is 0.328 e. The van der Waals surface area contributed by atoms with Crippen LogP contribution in [0, 0.1) is 0 Å². The van der Waals surface area contributed by atoms with E-state index in [9.17, 15) is 14.4 Å². The highest BCUT2D eigenvalue weighted by molar-refractivity contribution is 6.09. The molecule has 1 heterocycles. The van der Waals surface area contributed by atoms with Crippen LogP contribution in [-0.4, -0.2) is 20.9 Å². The minimum Gasteiger partial charge on any atom is -0.366 e. The summed E-state index contributed by atoms with van der Waals surface area (Å²) in [6.07, 6.45) is 0. The molecular formula is C17H16N4O3. The molecule has 0 radical (unpaired) electrons. The number of primary amides is 1. The van der Waals surface area contributed by atoms with Gasteiger partial charge < -0.3 is 11.1 Å². The van der Waals surface area contributed by atoms with Gasteiger partial charge in [0.2, 0.25) is 0 Å². The third-order valence-corrected chi connectivity index (χ3v) is 3.97. The molecular weight excluding hydrogens is 308 g/mol. The van der Waals surface area contributed by atoms with Gasteiger partial charge in [-0.05, 0) is 30.3 Å². The number of hydrogen-bond donors (Lipinski definition) is 2. The van der Waals surface area contributed by atoms with E-state index < -0.39 is 5.91 Å². The number of nitrogens with two attached hydrogens (primary N) is 1. The zero-order chi connectivity index (χ0) is 17.4. The molecule has 0 spiro atoms. The van der Waals surface area contributed by atoms with Gasteiger partial charge in [0, 0.05) is 19.7 Å². The number of carbonyl (C=O) groups is 2. The molecule has 0 bridgehead atoms. The lowest BCUT2D eigenvalue weighted by Crippen LogP contribution is -2.19. The SMILES string of the molecule is Cn1c(=O)n(C)c2cc(C(=O)Nc3ccccc3C(N)=O)ccc21. The van der Waals surface area contributed by atoms with Gasteiger partial charge in [0.15, 0.2) is 0 Å². The fourth-order valence-corrected chi connectivity index (χ4v) is 2.65. The van der Waals surface area contributed by atoms with Gasteiger partial charge in [0.05, 0.1) is 22.3 Å². The van der Waals surface area contributed by atoms with Gasteiger partial charge in [0.25, 0.3) is 11.8 Å². The number of fused-ring (bicyclic) bond motifs is 1. The molecule has 0 saturated heterocycles. The number of carbonyl (C=O) groups excluding carboxylic acids is 2. The molecule has 0 atom stereocenters. The van der Waals surface area contributed by atoms with Crippen molar-refractivity contribution in [1.82, 2.24) is 9.13 Å². The maximum atomic E-state index is 12.5. The van der Waals surface area contributed by atoms with E-state index in [4.69, 9.17) is 5.73 Å². The number of nitrogens with zero attached hydrogens (tertiary/aromatic N) is 2. The Bertz CT molecular complexity index is 1030. The normalized spacial score (nSPS) is 10.8. The van der Waals surface area contributed by atoms with Crippen LogP contribution in [0.4, 0.5) is 5.69 Å². The Morgan fingerprint density at radius 2 is 1.67 bits per heavy atom. The highest BCUT2D eigenvalue weighted by atomic mass is 16.2. The fraction of sp³-hybridized carbons (Fsp3) is 0.118. The van der Waals surface area contributed by atoms with Gasteiger partial charge in [-0.25, -0.2) is 4.79 Å². The summed E-state index contributed by atoms with van der Waals surface area (Å²) in [5.41, 5.74) is 7.49. The third-order valence-electron chi connectivity index (χ3n) is 3.97. The van der Waals surface area contributed by atoms with Gasteiger partial charge in [-0.2, -0.15) is 0 Å². The zero-order valence-electron chi connectivity index (χ0n) is 13.2. The van der Waals surface area contributed by atoms with Crippen LogP contribution < -0.4 is 16.7 Å². The Morgan fingerprint density at radius 1 is 1.00 bits per heavy atom. The molecule has 0 aliphatic heterocycles. The highest BCUT2D eigenvalue weighted by Crippen LogP contribution is 2.18. The molecule has 0 fully saturated rings. The van der Waals surface area contributed by atoms with Crippen LogP contribution in [0.5, 0.6) is 0 Å². The molecule has 7 heteroatoms. The average Bonchev–Trinajstić information content (AvgIpc) is 2.79. The molecule has 3 rings (SSSR count). The minimum absolute atomic E-state index is 0.165. The number of aryl methyl sites for hydroxylation is 2. The number of amides is 2. The quantitative estimate of drug-likeness (QED) is 0.758. The minimum atomic E-state index is -0.619. The van der Waals surface area contributed by atoms with Crippen molar-refractivity contribution in [3.63, 3.8) is 0 Å². The molecule has 24 heavy (non-hydrogen) atoms. The summed E-state index contributed by atoms with van der Waals surface area (Å²) in [5.74, 6) is -1.01. The van der Waals surface area contributed by atoms with Crippen LogP contribution in [-0.2, 0) is 14.1 Å². The summed E-state index contributed by atoms with van der Waals surface area (Å²) in [4.78, 5) is 35.9. The first-order chi connectivity index (χ1) is 11.4. The van der Waals surface area contributed by atoms with E-state index >= 15 is 0 Å². The van der Waals surface area contributed by atoms with E-state index in [1.54, 1.807) is 56.6 Å².